The van der Waals surface area contributed by atoms with Crippen molar-refractivity contribution in [2.45, 2.75) is 45.7 Å². The number of alkyl halides is 1. The third-order valence-corrected chi connectivity index (χ3v) is 8.43. The van der Waals surface area contributed by atoms with E-state index in [9.17, 15) is 14.0 Å². The van der Waals surface area contributed by atoms with Crippen molar-refractivity contribution in [2.24, 2.45) is 0 Å². The number of likely N-dealkylation sites (tertiary alicyclic amines) is 1. The van der Waals surface area contributed by atoms with Gasteiger partial charge in [-0.2, -0.15) is 5.10 Å². The van der Waals surface area contributed by atoms with E-state index in [0.29, 0.717) is 60.2 Å². The molecule has 3 aromatic heterocycles. The first-order valence-corrected chi connectivity index (χ1v) is 14.0. The number of carbonyl (C=O) groups excluding carboxylic acids is 2. The van der Waals surface area contributed by atoms with Crippen LogP contribution in [0, 0.1) is 6.92 Å². The van der Waals surface area contributed by atoms with Crippen molar-refractivity contribution in [3.63, 3.8) is 0 Å². The molecule has 4 heterocycles. The monoisotopic (exact) mass is 564 g/mol. The van der Waals surface area contributed by atoms with Gasteiger partial charge in [0.25, 0.3) is 5.91 Å². The number of nitrogens with one attached hydrogen (secondary N) is 1. The fourth-order valence-electron chi connectivity index (χ4n) is 5.13. The maximum Gasteiger partial charge on any atom is 0.253 e. The Hall–Kier alpha value is -3.63. The highest BCUT2D eigenvalue weighted by Crippen LogP contribution is 2.44. The van der Waals surface area contributed by atoms with E-state index < -0.39 is 6.17 Å². The summed E-state index contributed by atoms with van der Waals surface area (Å²) in [5.74, 6) is -0.339. The highest BCUT2D eigenvalue weighted by Gasteiger charge is 2.31. The van der Waals surface area contributed by atoms with Crippen LogP contribution in [0.25, 0.3) is 27.5 Å². The van der Waals surface area contributed by atoms with Gasteiger partial charge < -0.3 is 10.2 Å². The summed E-state index contributed by atoms with van der Waals surface area (Å²) in [7, 11) is 0. The zero-order chi connectivity index (χ0) is 27.3. The van der Waals surface area contributed by atoms with Gasteiger partial charge in [0.05, 0.1) is 32.7 Å². The van der Waals surface area contributed by atoms with Gasteiger partial charge in [0.2, 0.25) is 5.91 Å². The summed E-state index contributed by atoms with van der Waals surface area (Å²) < 4.78 is 15.4. The van der Waals surface area contributed by atoms with Crippen LogP contribution in [0.15, 0.2) is 36.5 Å². The Morgan fingerprint density at radius 2 is 1.95 bits per heavy atom. The standard InChI is InChI=1S/C28H26ClFN6O2S/c1-15-3-4-18(14-31-15)24-20-6-7-22-26(39-28(33-22)32-16(2)37)25(20)36(34-24)23-8-5-17(13-21(23)29)27(38)35-11-9-19(30)10-12-35/h3-5,8,13-14,19H,6-7,9-12H2,1-2H3,(H,32,33,37). The Kier molecular flexibility index (Phi) is 6.68. The van der Waals surface area contributed by atoms with Gasteiger partial charge in [0, 0.05) is 48.6 Å². The number of rotatable bonds is 4. The Bertz CT molecular complexity index is 1590. The molecule has 1 aromatic carbocycles. The topological polar surface area (TPSA) is 93.0 Å². The first kappa shape index (κ1) is 25.6. The molecule has 0 unspecified atom stereocenters. The molecule has 8 nitrogen and oxygen atoms in total. The molecule has 2 amide bonds. The Morgan fingerprint density at radius 1 is 1.15 bits per heavy atom. The SMILES string of the molecule is CC(=O)Nc1nc2c(s1)-c1c(c(-c3ccc(C)nc3)nn1-c1ccc(C(=O)N3CCC(F)CC3)cc1Cl)CC2. The van der Waals surface area contributed by atoms with Crippen molar-refractivity contribution >= 4 is 39.9 Å². The predicted octanol–water partition coefficient (Wildman–Crippen LogP) is 5.65. The van der Waals surface area contributed by atoms with Gasteiger partial charge in [0.1, 0.15) is 6.17 Å². The van der Waals surface area contributed by atoms with Crippen LogP contribution in [-0.2, 0) is 17.6 Å². The van der Waals surface area contributed by atoms with E-state index in [1.807, 2.05) is 29.9 Å². The van der Waals surface area contributed by atoms with E-state index in [0.717, 1.165) is 38.8 Å². The van der Waals surface area contributed by atoms with Crippen LogP contribution in [0.3, 0.4) is 0 Å². The summed E-state index contributed by atoms with van der Waals surface area (Å²) >= 11 is 8.22. The summed E-state index contributed by atoms with van der Waals surface area (Å²) in [6.45, 7) is 4.18. The number of pyridine rings is 1. The molecule has 200 valence electrons. The van der Waals surface area contributed by atoms with Crippen molar-refractivity contribution in [1.29, 1.82) is 0 Å². The van der Waals surface area contributed by atoms with Crippen LogP contribution in [0.1, 0.15) is 47.1 Å². The molecular weight excluding hydrogens is 539 g/mol. The molecule has 1 aliphatic heterocycles. The lowest BCUT2D eigenvalue weighted by molar-refractivity contribution is -0.114. The number of halogens is 2. The number of carbonyl (C=O) groups is 2. The average Bonchev–Trinajstić information content (AvgIpc) is 3.50. The Morgan fingerprint density at radius 3 is 2.64 bits per heavy atom. The number of fused-ring (bicyclic) bond motifs is 3. The quantitative estimate of drug-likeness (QED) is 0.346. The normalized spacial score (nSPS) is 15.1. The molecule has 0 bridgehead atoms. The highest BCUT2D eigenvalue weighted by molar-refractivity contribution is 7.19. The van der Waals surface area contributed by atoms with Crippen LogP contribution in [0.5, 0.6) is 0 Å². The summed E-state index contributed by atoms with van der Waals surface area (Å²) in [5, 5.41) is 8.72. The zero-order valence-corrected chi connectivity index (χ0v) is 23.1. The molecule has 0 atom stereocenters. The lowest BCUT2D eigenvalue weighted by Crippen LogP contribution is -2.39. The summed E-state index contributed by atoms with van der Waals surface area (Å²) in [5.41, 5.74) is 6.51. The molecule has 4 aromatic rings. The van der Waals surface area contributed by atoms with E-state index in [4.69, 9.17) is 16.7 Å². The second kappa shape index (κ2) is 10.2. The second-order valence-corrected chi connectivity index (χ2v) is 11.3. The number of piperidine rings is 1. The van der Waals surface area contributed by atoms with E-state index in [1.165, 1.54) is 18.3 Å². The molecule has 6 rings (SSSR count). The van der Waals surface area contributed by atoms with E-state index in [-0.39, 0.29) is 11.8 Å². The van der Waals surface area contributed by atoms with Gasteiger partial charge in [0.15, 0.2) is 5.13 Å². The van der Waals surface area contributed by atoms with Crippen molar-refractivity contribution < 1.29 is 14.0 Å². The van der Waals surface area contributed by atoms with Crippen LogP contribution < -0.4 is 5.32 Å². The van der Waals surface area contributed by atoms with Crippen LogP contribution >= 0.6 is 22.9 Å². The highest BCUT2D eigenvalue weighted by atomic mass is 35.5. The summed E-state index contributed by atoms with van der Waals surface area (Å²) in [6.07, 6.45) is 3.10. The molecule has 2 aliphatic rings. The Labute approximate surface area is 233 Å². The molecule has 1 saturated heterocycles. The van der Waals surface area contributed by atoms with Crippen molar-refractivity contribution in [3.05, 3.63) is 64.1 Å². The number of nitrogens with zero attached hydrogens (tertiary/aromatic N) is 5. The lowest BCUT2D eigenvalue weighted by Gasteiger charge is -2.28. The molecule has 39 heavy (non-hydrogen) atoms. The first-order valence-electron chi connectivity index (χ1n) is 12.8. The lowest BCUT2D eigenvalue weighted by atomic mass is 9.95. The number of benzene rings is 1. The average molecular weight is 565 g/mol. The third kappa shape index (κ3) is 4.83. The van der Waals surface area contributed by atoms with Crippen molar-refractivity contribution in [1.82, 2.24) is 24.6 Å². The van der Waals surface area contributed by atoms with Crippen LogP contribution in [0.4, 0.5) is 9.52 Å². The van der Waals surface area contributed by atoms with E-state index in [1.54, 1.807) is 23.1 Å². The summed E-state index contributed by atoms with van der Waals surface area (Å²) in [4.78, 5) is 36.5. The number of aromatic nitrogens is 4. The minimum absolute atomic E-state index is 0.158. The Balaban J connectivity index is 1.45. The second-order valence-electron chi connectivity index (χ2n) is 9.88. The zero-order valence-electron chi connectivity index (χ0n) is 21.5. The first-order chi connectivity index (χ1) is 18.8. The van der Waals surface area contributed by atoms with Gasteiger partial charge in [-0.1, -0.05) is 22.9 Å². The summed E-state index contributed by atoms with van der Waals surface area (Å²) in [6, 6.07) is 9.15. The van der Waals surface area contributed by atoms with E-state index >= 15 is 0 Å². The maximum absolute atomic E-state index is 13.6. The largest absolute Gasteiger partial charge is 0.338 e. The van der Waals surface area contributed by atoms with Gasteiger partial charge in [-0.15, -0.1) is 0 Å². The number of hydrogen-bond donors (Lipinski definition) is 1. The van der Waals surface area contributed by atoms with Crippen molar-refractivity contribution in [3.8, 4) is 27.5 Å². The minimum atomic E-state index is -0.855. The molecule has 11 heteroatoms. The number of aryl methyl sites for hydroxylation is 2. The number of thiazole rings is 1. The van der Waals surface area contributed by atoms with Gasteiger partial charge in [-0.05, 0) is 62.9 Å². The van der Waals surface area contributed by atoms with Gasteiger partial charge in [-0.25, -0.2) is 14.1 Å². The minimum Gasteiger partial charge on any atom is -0.338 e. The molecule has 1 aliphatic carbocycles. The number of anilines is 1. The smallest absolute Gasteiger partial charge is 0.253 e. The number of amides is 2. The predicted molar refractivity (Wildman–Crippen MR) is 149 cm³/mol. The molecular formula is C28H26ClFN6O2S. The van der Waals surface area contributed by atoms with E-state index in [2.05, 4.69) is 15.3 Å². The van der Waals surface area contributed by atoms with Crippen LogP contribution in [-0.4, -0.2) is 55.7 Å². The van der Waals surface area contributed by atoms with Crippen LogP contribution in [0.2, 0.25) is 5.02 Å². The molecule has 0 spiro atoms. The van der Waals surface area contributed by atoms with Gasteiger partial charge in [-0.3, -0.25) is 14.6 Å². The molecule has 0 radical (unpaired) electrons. The fourth-order valence-corrected chi connectivity index (χ4v) is 6.51. The third-order valence-electron chi connectivity index (χ3n) is 7.11. The maximum atomic E-state index is 13.6. The molecule has 0 saturated carbocycles. The number of hydrogen-bond acceptors (Lipinski definition) is 6. The van der Waals surface area contributed by atoms with Gasteiger partial charge >= 0.3 is 0 Å². The molecule has 1 fully saturated rings. The fraction of sp³-hybridized carbons (Fsp3) is 0.321. The molecule has 1 N–H and O–H groups in total. The van der Waals surface area contributed by atoms with Crippen molar-refractivity contribution in [2.75, 3.05) is 18.4 Å².